The van der Waals surface area contributed by atoms with Crippen molar-refractivity contribution in [3.05, 3.63) is 24.3 Å². The van der Waals surface area contributed by atoms with Gasteiger partial charge in [-0.1, -0.05) is 12.1 Å². The normalized spacial score (nSPS) is 16.7. The molecule has 1 heterocycles. The van der Waals surface area contributed by atoms with Crippen LogP contribution in [0.5, 0.6) is 11.5 Å². The van der Waals surface area contributed by atoms with Crippen molar-refractivity contribution < 1.29 is 14.3 Å². The van der Waals surface area contributed by atoms with E-state index in [9.17, 15) is 4.79 Å². The second-order valence-corrected chi connectivity index (χ2v) is 5.31. The minimum absolute atomic E-state index is 0. The fraction of sp³-hybridized carbons (Fsp3) is 0.562. The molecule has 0 spiro atoms. The average molecular weight is 329 g/mol. The van der Waals surface area contributed by atoms with Gasteiger partial charge in [-0.2, -0.15) is 0 Å². The van der Waals surface area contributed by atoms with E-state index in [2.05, 4.69) is 5.32 Å². The maximum atomic E-state index is 12.1. The number of para-hydroxylation sites is 2. The van der Waals surface area contributed by atoms with Crippen LogP contribution in [-0.4, -0.2) is 50.7 Å². The smallest absolute Gasteiger partial charge is 0.223 e. The molecule has 1 amide bonds. The summed E-state index contributed by atoms with van der Waals surface area (Å²) in [7, 11) is 3.44. The number of hydrogen-bond donors (Lipinski definition) is 1. The maximum absolute atomic E-state index is 12.1. The van der Waals surface area contributed by atoms with E-state index in [4.69, 9.17) is 9.47 Å². The van der Waals surface area contributed by atoms with Gasteiger partial charge < -0.3 is 19.7 Å². The molecule has 1 aliphatic heterocycles. The number of likely N-dealkylation sites (N-methyl/N-ethyl adjacent to an activating group) is 1. The molecule has 1 aromatic carbocycles. The predicted molar refractivity (Wildman–Crippen MR) is 89.0 cm³/mol. The molecule has 0 saturated carbocycles. The molecule has 2 rings (SSSR count). The Kier molecular flexibility index (Phi) is 8.06. The molecule has 124 valence electrons. The van der Waals surface area contributed by atoms with Crippen molar-refractivity contribution in [2.24, 2.45) is 0 Å². The molecule has 1 unspecified atom stereocenters. The van der Waals surface area contributed by atoms with Crippen LogP contribution >= 0.6 is 12.4 Å². The first-order valence-electron chi connectivity index (χ1n) is 7.44. The SMILES string of the molecule is COc1ccccc1OCCN(C)C(=O)CC1CCCN1.Cl. The molecule has 22 heavy (non-hydrogen) atoms. The summed E-state index contributed by atoms with van der Waals surface area (Å²) in [5.41, 5.74) is 0. The lowest BCUT2D eigenvalue weighted by Crippen LogP contribution is -2.35. The number of carbonyl (C=O) groups excluding carboxylic acids is 1. The van der Waals surface area contributed by atoms with Gasteiger partial charge in [0.2, 0.25) is 5.91 Å². The molecule has 0 radical (unpaired) electrons. The highest BCUT2D eigenvalue weighted by Gasteiger charge is 2.19. The summed E-state index contributed by atoms with van der Waals surface area (Å²) >= 11 is 0. The Morgan fingerprint density at radius 2 is 2.09 bits per heavy atom. The first-order chi connectivity index (χ1) is 10.2. The van der Waals surface area contributed by atoms with Crippen LogP contribution in [0.25, 0.3) is 0 Å². The predicted octanol–water partition coefficient (Wildman–Crippen LogP) is 2.10. The zero-order valence-corrected chi connectivity index (χ0v) is 14.0. The highest BCUT2D eigenvalue weighted by molar-refractivity contribution is 5.85. The first kappa shape index (κ1) is 18.6. The number of rotatable bonds is 7. The fourth-order valence-corrected chi connectivity index (χ4v) is 2.45. The van der Waals surface area contributed by atoms with Crippen LogP contribution in [0, 0.1) is 0 Å². The topological polar surface area (TPSA) is 50.8 Å². The summed E-state index contributed by atoms with van der Waals surface area (Å²) in [5, 5.41) is 3.34. The number of benzene rings is 1. The largest absolute Gasteiger partial charge is 0.493 e. The first-order valence-corrected chi connectivity index (χ1v) is 7.44. The number of carbonyl (C=O) groups is 1. The van der Waals surface area contributed by atoms with Crippen LogP contribution in [0.2, 0.25) is 0 Å². The monoisotopic (exact) mass is 328 g/mol. The molecule has 0 aromatic heterocycles. The average Bonchev–Trinajstić information content (AvgIpc) is 3.00. The third-order valence-corrected chi connectivity index (χ3v) is 3.76. The van der Waals surface area contributed by atoms with E-state index in [1.54, 1.807) is 12.0 Å². The maximum Gasteiger partial charge on any atom is 0.223 e. The van der Waals surface area contributed by atoms with Crippen LogP contribution in [0.15, 0.2) is 24.3 Å². The van der Waals surface area contributed by atoms with Crippen molar-refractivity contribution in [3.63, 3.8) is 0 Å². The lowest BCUT2D eigenvalue weighted by Gasteiger charge is -2.20. The summed E-state index contributed by atoms with van der Waals surface area (Å²) in [6, 6.07) is 7.86. The van der Waals surface area contributed by atoms with Gasteiger partial charge in [0, 0.05) is 19.5 Å². The van der Waals surface area contributed by atoms with Gasteiger partial charge in [-0.25, -0.2) is 0 Å². The van der Waals surface area contributed by atoms with Crippen LogP contribution in [0.1, 0.15) is 19.3 Å². The van der Waals surface area contributed by atoms with Crippen molar-refractivity contribution in [2.45, 2.75) is 25.3 Å². The summed E-state index contributed by atoms with van der Waals surface area (Å²) < 4.78 is 10.9. The molecule has 1 saturated heterocycles. The third kappa shape index (κ3) is 5.39. The van der Waals surface area contributed by atoms with Crippen LogP contribution in [0.4, 0.5) is 0 Å². The molecule has 6 heteroatoms. The van der Waals surface area contributed by atoms with E-state index in [1.807, 2.05) is 31.3 Å². The van der Waals surface area contributed by atoms with Gasteiger partial charge in [0.05, 0.1) is 13.7 Å². The Balaban J connectivity index is 0.00000242. The van der Waals surface area contributed by atoms with Crippen molar-refractivity contribution >= 4 is 18.3 Å². The van der Waals surface area contributed by atoms with Gasteiger partial charge in [-0.15, -0.1) is 12.4 Å². The van der Waals surface area contributed by atoms with Crippen molar-refractivity contribution in [1.82, 2.24) is 10.2 Å². The summed E-state index contributed by atoms with van der Waals surface area (Å²) in [5.74, 6) is 1.58. The Morgan fingerprint density at radius 3 is 2.73 bits per heavy atom. The van der Waals surface area contributed by atoms with E-state index >= 15 is 0 Å². The minimum atomic E-state index is 0. The van der Waals surface area contributed by atoms with Crippen LogP contribution < -0.4 is 14.8 Å². The highest BCUT2D eigenvalue weighted by atomic mass is 35.5. The van der Waals surface area contributed by atoms with Crippen LogP contribution in [-0.2, 0) is 4.79 Å². The number of ether oxygens (including phenoxy) is 2. The summed E-state index contributed by atoms with van der Waals surface area (Å²) in [6.07, 6.45) is 2.83. The summed E-state index contributed by atoms with van der Waals surface area (Å²) in [4.78, 5) is 13.8. The Labute approximate surface area is 138 Å². The second kappa shape index (κ2) is 9.54. The molecule has 0 aliphatic carbocycles. The van der Waals surface area contributed by atoms with Crippen molar-refractivity contribution in [2.75, 3.05) is 33.9 Å². The number of hydrogen-bond acceptors (Lipinski definition) is 4. The minimum Gasteiger partial charge on any atom is -0.493 e. The molecule has 1 atom stereocenters. The number of amides is 1. The fourth-order valence-electron chi connectivity index (χ4n) is 2.45. The molecule has 1 aliphatic rings. The molecular weight excluding hydrogens is 304 g/mol. The van der Waals surface area contributed by atoms with Gasteiger partial charge >= 0.3 is 0 Å². The Hall–Kier alpha value is -1.46. The molecule has 1 aromatic rings. The van der Waals surface area contributed by atoms with Gasteiger partial charge in [0.15, 0.2) is 11.5 Å². The lowest BCUT2D eigenvalue weighted by molar-refractivity contribution is -0.130. The van der Waals surface area contributed by atoms with Gasteiger partial charge in [0.1, 0.15) is 6.61 Å². The quantitative estimate of drug-likeness (QED) is 0.832. The molecule has 5 nitrogen and oxygen atoms in total. The van der Waals surface area contributed by atoms with Crippen molar-refractivity contribution in [1.29, 1.82) is 0 Å². The standard InChI is InChI=1S/C16H24N2O3.ClH/c1-18(16(19)12-13-6-5-9-17-13)10-11-21-15-8-4-3-7-14(15)20-2;/h3-4,7-8,13,17H,5-6,9-12H2,1-2H3;1H. The van der Waals surface area contributed by atoms with Gasteiger partial charge in [-0.3, -0.25) is 4.79 Å². The highest BCUT2D eigenvalue weighted by Crippen LogP contribution is 2.25. The lowest BCUT2D eigenvalue weighted by atomic mass is 10.1. The Morgan fingerprint density at radius 1 is 1.36 bits per heavy atom. The van der Waals surface area contributed by atoms with Crippen molar-refractivity contribution in [3.8, 4) is 11.5 Å². The summed E-state index contributed by atoms with van der Waals surface area (Å²) in [6.45, 7) is 2.06. The molecule has 0 bridgehead atoms. The number of halogens is 1. The molecule has 1 N–H and O–H groups in total. The van der Waals surface area contributed by atoms with E-state index in [1.165, 1.54) is 6.42 Å². The zero-order valence-electron chi connectivity index (χ0n) is 13.2. The zero-order chi connectivity index (χ0) is 15.1. The van der Waals surface area contributed by atoms with E-state index < -0.39 is 0 Å². The third-order valence-electron chi connectivity index (χ3n) is 3.76. The van der Waals surface area contributed by atoms with E-state index in [0.717, 1.165) is 13.0 Å². The van der Waals surface area contributed by atoms with Gasteiger partial charge in [0.25, 0.3) is 0 Å². The molecular formula is C16H25ClN2O3. The van der Waals surface area contributed by atoms with Crippen LogP contribution in [0.3, 0.4) is 0 Å². The van der Waals surface area contributed by atoms with E-state index in [0.29, 0.717) is 37.1 Å². The second-order valence-electron chi connectivity index (χ2n) is 5.31. The Bertz CT molecular complexity index is 464. The number of methoxy groups -OCH3 is 1. The molecule has 1 fully saturated rings. The van der Waals surface area contributed by atoms with Gasteiger partial charge in [-0.05, 0) is 31.5 Å². The van der Waals surface area contributed by atoms with E-state index in [-0.39, 0.29) is 18.3 Å². The number of nitrogens with one attached hydrogen (secondary N) is 1. The number of nitrogens with zero attached hydrogens (tertiary/aromatic N) is 1.